The van der Waals surface area contributed by atoms with E-state index in [1.54, 1.807) is 6.26 Å². The summed E-state index contributed by atoms with van der Waals surface area (Å²) in [5, 5.41) is 10.9. The van der Waals surface area contributed by atoms with Gasteiger partial charge in [-0.05, 0) is 24.8 Å². The Labute approximate surface area is 83.7 Å². The van der Waals surface area contributed by atoms with Crippen molar-refractivity contribution in [3.05, 3.63) is 21.1 Å². The summed E-state index contributed by atoms with van der Waals surface area (Å²) >= 11 is 6.72. The molecular weight excluding hydrogens is 214 g/mol. The van der Waals surface area contributed by atoms with Crippen molar-refractivity contribution in [2.45, 2.75) is 11.9 Å². The van der Waals surface area contributed by atoms with Gasteiger partial charge in [-0.25, -0.2) is 9.97 Å². The Morgan fingerprint density at radius 3 is 2.62 bits per heavy atom. The Balaban J connectivity index is 3.38. The first-order valence-electron chi connectivity index (χ1n) is 3.28. The molecule has 0 saturated heterocycles. The van der Waals surface area contributed by atoms with Gasteiger partial charge in [0.15, 0.2) is 5.03 Å². The van der Waals surface area contributed by atoms with Gasteiger partial charge in [-0.1, -0.05) is 0 Å². The molecule has 0 atom stereocenters. The Bertz CT molecular complexity index is 358. The molecule has 7 heteroatoms. The van der Waals surface area contributed by atoms with Gasteiger partial charge in [-0.3, -0.25) is 10.1 Å². The highest BCUT2D eigenvalue weighted by atomic mass is 35.5. The van der Waals surface area contributed by atoms with Crippen molar-refractivity contribution in [1.82, 2.24) is 9.97 Å². The molecule has 0 bridgehead atoms. The number of nitrogens with zero attached hydrogens (tertiary/aromatic N) is 3. The summed E-state index contributed by atoms with van der Waals surface area (Å²) in [7, 11) is 0. The van der Waals surface area contributed by atoms with E-state index in [-0.39, 0.29) is 16.7 Å². The molecule has 0 aliphatic rings. The van der Waals surface area contributed by atoms with Crippen LogP contribution in [0, 0.1) is 17.0 Å². The lowest BCUT2D eigenvalue weighted by molar-refractivity contribution is -0.389. The highest BCUT2D eigenvalue weighted by molar-refractivity contribution is 7.98. The normalized spacial score (nSPS) is 10.1. The van der Waals surface area contributed by atoms with Crippen molar-refractivity contribution in [3.63, 3.8) is 0 Å². The lowest BCUT2D eigenvalue weighted by atomic mass is 10.4. The van der Waals surface area contributed by atoms with E-state index in [1.165, 1.54) is 18.7 Å². The largest absolute Gasteiger partial charge is 0.322 e. The van der Waals surface area contributed by atoms with Gasteiger partial charge < -0.3 is 0 Å². The molecule has 0 saturated carbocycles. The van der Waals surface area contributed by atoms with Crippen molar-refractivity contribution in [2.75, 3.05) is 6.26 Å². The summed E-state index contributed by atoms with van der Waals surface area (Å²) in [5.41, 5.74) is 0.214. The molecule has 0 fully saturated rings. The molecule has 0 aliphatic carbocycles. The summed E-state index contributed by atoms with van der Waals surface area (Å²) in [6, 6.07) is 0. The van der Waals surface area contributed by atoms with Gasteiger partial charge in [0.05, 0.1) is 4.92 Å². The Hall–Kier alpha value is -0.880. The van der Waals surface area contributed by atoms with Gasteiger partial charge in [0.25, 0.3) is 0 Å². The zero-order chi connectivity index (χ0) is 10.0. The van der Waals surface area contributed by atoms with Crippen molar-refractivity contribution in [1.29, 1.82) is 0 Å². The van der Waals surface area contributed by atoms with E-state index < -0.39 is 4.92 Å². The van der Waals surface area contributed by atoms with Crippen molar-refractivity contribution in [2.24, 2.45) is 0 Å². The SMILES string of the molecule is CSc1nc(Cl)nc(C)c1[N+](=O)[O-]. The minimum Gasteiger partial charge on any atom is -0.258 e. The van der Waals surface area contributed by atoms with Crippen molar-refractivity contribution in [3.8, 4) is 0 Å². The van der Waals surface area contributed by atoms with Crippen LogP contribution in [0.15, 0.2) is 5.03 Å². The Morgan fingerprint density at radius 1 is 1.54 bits per heavy atom. The van der Waals surface area contributed by atoms with Crippen molar-refractivity contribution >= 4 is 29.1 Å². The van der Waals surface area contributed by atoms with Gasteiger partial charge in [0.1, 0.15) is 5.69 Å². The summed E-state index contributed by atoms with van der Waals surface area (Å²) in [5.74, 6) is 0. The fraction of sp³-hybridized carbons (Fsp3) is 0.333. The molecule has 0 amide bonds. The number of thioether (sulfide) groups is 1. The molecule has 0 aromatic carbocycles. The highest BCUT2D eigenvalue weighted by Crippen LogP contribution is 2.28. The molecule has 0 aliphatic heterocycles. The van der Waals surface area contributed by atoms with Crippen LogP contribution in [0.3, 0.4) is 0 Å². The van der Waals surface area contributed by atoms with Gasteiger partial charge in [0, 0.05) is 0 Å². The third-order valence-corrected chi connectivity index (χ3v) is 2.22. The summed E-state index contributed by atoms with van der Waals surface area (Å²) in [6.45, 7) is 1.53. The molecular formula is C6H6ClN3O2S. The first-order chi connectivity index (χ1) is 6.06. The molecule has 1 heterocycles. The van der Waals surface area contributed by atoms with Crippen LogP contribution in [0.1, 0.15) is 5.69 Å². The van der Waals surface area contributed by atoms with E-state index >= 15 is 0 Å². The zero-order valence-electron chi connectivity index (χ0n) is 6.94. The minimum absolute atomic E-state index is 0.0347. The first kappa shape index (κ1) is 10.2. The fourth-order valence-corrected chi connectivity index (χ4v) is 1.72. The standard InChI is InChI=1S/C6H6ClN3O2S/c1-3-4(10(11)12)5(13-2)9-6(7)8-3/h1-2H3. The minimum atomic E-state index is -0.502. The second kappa shape index (κ2) is 3.89. The van der Waals surface area contributed by atoms with Crippen LogP contribution in [0.5, 0.6) is 0 Å². The van der Waals surface area contributed by atoms with Crippen LogP contribution in [-0.4, -0.2) is 21.1 Å². The number of rotatable bonds is 2. The van der Waals surface area contributed by atoms with Crippen molar-refractivity contribution < 1.29 is 4.92 Å². The number of aryl methyl sites for hydroxylation is 1. The second-order valence-electron chi connectivity index (χ2n) is 2.19. The number of nitro groups is 1. The maximum absolute atomic E-state index is 10.6. The zero-order valence-corrected chi connectivity index (χ0v) is 8.52. The first-order valence-corrected chi connectivity index (χ1v) is 4.89. The van der Waals surface area contributed by atoms with E-state index in [0.29, 0.717) is 5.03 Å². The Morgan fingerprint density at radius 2 is 2.15 bits per heavy atom. The predicted octanol–water partition coefficient (Wildman–Crippen LogP) is 2.07. The lowest BCUT2D eigenvalue weighted by Crippen LogP contribution is -1.99. The monoisotopic (exact) mass is 219 g/mol. The van der Waals surface area contributed by atoms with Gasteiger partial charge in [-0.15, -0.1) is 11.8 Å². The molecule has 0 unspecified atom stereocenters. The van der Waals surface area contributed by atoms with Crippen LogP contribution in [0.2, 0.25) is 5.28 Å². The quantitative estimate of drug-likeness (QED) is 0.250. The molecule has 0 spiro atoms. The number of halogens is 1. The molecule has 1 aromatic heterocycles. The van der Waals surface area contributed by atoms with Gasteiger partial charge in [0.2, 0.25) is 5.28 Å². The molecule has 70 valence electrons. The van der Waals surface area contributed by atoms with E-state index in [4.69, 9.17) is 11.6 Å². The number of hydrogen-bond acceptors (Lipinski definition) is 5. The van der Waals surface area contributed by atoms with Gasteiger partial charge >= 0.3 is 5.69 Å². The van der Waals surface area contributed by atoms with Crippen LogP contribution in [0.25, 0.3) is 0 Å². The third-order valence-electron chi connectivity index (χ3n) is 1.37. The average Bonchev–Trinajstić information content (AvgIpc) is 2.01. The van der Waals surface area contributed by atoms with Crippen LogP contribution in [0.4, 0.5) is 5.69 Å². The Kier molecular flexibility index (Phi) is 3.05. The van der Waals surface area contributed by atoms with Gasteiger partial charge in [-0.2, -0.15) is 0 Å². The predicted molar refractivity (Wildman–Crippen MR) is 50.2 cm³/mol. The van der Waals surface area contributed by atoms with Crippen LogP contribution >= 0.6 is 23.4 Å². The third kappa shape index (κ3) is 2.07. The number of hydrogen-bond donors (Lipinski definition) is 0. The summed E-state index contributed by atoms with van der Waals surface area (Å²) in [6.07, 6.45) is 1.70. The second-order valence-corrected chi connectivity index (χ2v) is 3.33. The number of aromatic nitrogens is 2. The smallest absolute Gasteiger partial charge is 0.258 e. The van der Waals surface area contributed by atoms with E-state index in [9.17, 15) is 10.1 Å². The lowest BCUT2D eigenvalue weighted by Gasteiger charge is -2.00. The topological polar surface area (TPSA) is 68.9 Å². The summed E-state index contributed by atoms with van der Waals surface area (Å²) in [4.78, 5) is 17.5. The molecule has 5 nitrogen and oxygen atoms in total. The fourth-order valence-electron chi connectivity index (χ4n) is 0.860. The maximum Gasteiger partial charge on any atom is 0.322 e. The molecule has 0 N–H and O–H groups in total. The van der Waals surface area contributed by atoms with Crippen LogP contribution in [-0.2, 0) is 0 Å². The maximum atomic E-state index is 10.6. The molecule has 1 aromatic rings. The molecule has 13 heavy (non-hydrogen) atoms. The molecule has 1 rings (SSSR count). The molecule has 0 radical (unpaired) electrons. The highest BCUT2D eigenvalue weighted by Gasteiger charge is 2.20. The van der Waals surface area contributed by atoms with E-state index in [1.807, 2.05) is 0 Å². The van der Waals surface area contributed by atoms with Crippen LogP contribution < -0.4 is 0 Å². The summed E-state index contributed by atoms with van der Waals surface area (Å²) < 4.78 is 0. The van der Waals surface area contributed by atoms with E-state index in [0.717, 1.165) is 0 Å². The van der Waals surface area contributed by atoms with E-state index in [2.05, 4.69) is 9.97 Å². The average molecular weight is 220 g/mol.